The van der Waals surface area contributed by atoms with Crippen LogP contribution in [0.2, 0.25) is 0 Å². The number of cyclic esters (lactones) is 1. The topological polar surface area (TPSA) is 232 Å². The monoisotopic (exact) mass is 798 g/mol. The number of hydrogen-bond acceptors (Lipinski definition) is 15. The van der Waals surface area contributed by atoms with Gasteiger partial charge < -0.3 is 58.5 Å². The highest BCUT2D eigenvalue weighted by Crippen LogP contribution is 2.35. The van der Waals surface area contributed by atoms with Gasteiger partial charge in [-0.2, -0.15) is 0 Å². The lowest BCUT2D eigenvalue weighted by molar-refractivity contribution is -0.304. The number of aliphatic hydroxyl groups excluding tert-OH is 4. The molecular formula is C39H66N4O13. The van der Waals surface area contributed by atoms with Crippen molar-refractivity contribution in [2.24, 2.45) is 28.8 Å². The first-order chi connectivity index (χ1) is 26.5. The molecule has 0 aromatic heterocycles. The summed E-state index contributed by atoms with van der Waals surface area (Å²) in [6.45, 7) is 10.6. The SMILES string of the molecule is CC[C@H]1OC(=O)C[C@@H](O)[C@H](C)[C@@H](O[C@@H]2O[C@H](C)[C@@H](O)C(N(C)C)C2O)[C@@H](CCN=[N+]=[N-])C[C@@H](C)C(=O)/C=C/C(C)=C/[C@@H]1CO[C@@H]1OC(C)[C@@H](O)[C@H](OC)C1OC. The van der Waals surface area contributed by atoms with E-state index in [0.29, 0.717) is 12.0 Å². The number of allylic oxidation sites excluding steroid dienone is 3. The number of likely N-dealkylation sites (N-methyl/N-ethyl adjacent to an activating group) is 1. The van der Waals surface area contributed by atoms with Gasteiger partial charge in [-0.1, -0.05) is 43.6 Å². The molecule has 2 fully saturated rings. The van der Waals surface area contributed by atoms with Crippen LogP contribution in [0.25, 0.3) is 10.4 Å². The number of carbonyl (C=O) groups is 2. The van der Waals surface area contributed by atoms with Crippen molar-refractivity contribution < 1.29 is 63.2 Å². The number of aliphatic hydroxyl groups is 4. The maximum Gasteiger partial charge on any atom is 0.308 e. The summed E-state index contributed by atoms with van der Waals surface area (Å²) in [5.74, 6) is -3.19. The molecule has 17 heteroatoms. The zero-order chi connectivity index (χ0) is 41.9. The third-order valence-electron chi connectivity index (χ3n) is 11.4. The van der Waals surface area contributed by atoms with Crippen LogP contribution in [0.3, 0.4) is 0 Å². The van der Waals surface area contributed by atoms with Crippen LogP contribution in [0.5, 0.6) is 0 Å². The van der Waals surface area contributed by atoms with Gasteiger partial charge in [-0.05, 0) is 71.7 Å². The van der Waals surface area contributed by atoms with Crippen LogP contribution < -0.4 is 0 Å². The van der Waals surface area contributed by atoms with Crippen LogP contribution in [-0.4, -0.2) is 158 Å². The Labute approximate surface area is 330 Å². The number of esters is 1. The molecule has 17 nitrogen and oxygen atoms in total. The van der Waals surface area contributed by atoms with E-state index >= 15 is 0 Å². The lowest BCUT2D eigenvalue weighted by Gasteiger charge is -2.46. The molecule has 0 spiro atoms. The molecule has 0 aromatic rings. The second-order valence-corrected chi connectivity index (χ2v) is 15.7. The van der Waals surface area contributed by atoms with Crippen molar-refractivity contribution in [3.63, 3.8) is 0 Å². The van der Waals surface area contributed by atoms with E-state index in [-0.39, 0.29) is 31.8 Å². The highest BCUT2D eigenvalue weighted by molar-refractivity contribution is 5.91. The summed E-state index contributed by atoms with van der Waals surface area (Å²) in [6.07, 6.45) is -5.61. The zero-order valence-corrected chi connectivity index (χ0v) is 34.5. The lowest BCUT2D eigenvalue weighted by Crippen LogP contribution is -2.63. The average Bonchev–Trinajstić information content (AvgIpc) is 3.15. The van der Waals surface area contributed by atoms with E-state index in [2.05, 4.69) is 10.0 Å². The van der Waals surface area contributed by atoms with Crippen LogP contribution in [0.15, 0.2) is 28.9 Å². The number of ether oxygens (including phenoxy) is 7. The lowest BCUT2D eigenvalue weighted by atomic mass is 9.79. The highest BCUT2D eigenvalue weighted by Gasteiger charge is 2.48. The highest BCUT2D eigenvalue weighted by atomic mass is 16.7. The van der Waals surface area contributed by atoms with Crippen LogP contribution in [0.1, 0.15) is 67.2 Å². The summed E-state index contributed by atoms with van der Waals surface area (Å²) in [5.41, 5.74) is 9.78. The van der Waals surface area contributed by atoms with Gasteiger partial charge in [0.25, 0.3) is 0 Å². The number of rotatable bonds is 12. The molecule has 17 atom stereocenters. The number of azide groups is 1. The molecule has 0 amide bonds. The molecule has 0 aliphatic carbocycles. The minimum atomic E-state index is -1.30. The largest absolute Gasteiger partial charge is 0.462 e. The van der Waals surface area contributed by atoms with Crippen molar-refractivity contribution in [3.8, 4) is 0 Å². The number of methoxy groups -OCH3 is 2. The average molecular weight is 799 g/mol. The second kappa shape index (κ2) is 22.6. The van der Waals surface area contributed by atoms with Gasteiger partial charge in [0.2, 0.25) is 0 Å². The van der Waals surface area contributed by atoms with E-state index in [1.54, 1.807) is 52.8 Å². The van der Waals surface area contributed by atoms with Gasteiger partial charge in [-0.15, -0.1) is 0 Å². The molecule has 56 heavy (non-hydrogen) atoms. The minimum absolute atomic E-state index is 0.0115. The third-order valence-corrected chi connectivity index (χ3v) is 11.4. The number of carbonyl (C=O) groups excluding carboxylic acids is 2. The molecule has 3 rings (SSSR count). The first-order valence-electron chi connectivity index (χ1n) is 19.6. The first kappa shape index (κ1) is 47.9. The molecule has 0 aromatic carbocycles. The van der Waals surface area contributed by atoms with Gasteiger partial charge >= 0.3 is 5.97 Å². The Kier molecular flexibility index (Phi) is 19.3. The molecule has 3 aliphatic rings. The smallest absolute Gasteiger partial charge is 0.308 e. The quantitative estimate of drug-likeness (QED) is 0.0963. The van der Waals surface area contributed by atoms with Crippen molar-refractivity contribution in [2.45, 2.75) is 147 Å². The Morgan fingerprint density at radius 3 is 2.18 bits per heavy atom. The number of ketones is 1. The molecule has 0 saturated carbocycles. The summed E-state index contributed by atoms with van der Waals surface area (Å²) in [5, 5.41) is 48.2. The van der Waals surface area contributed by atoms with E-state index in [1.807, 2.05) is 19.9 Å². The normalized spacial score (nSPS) is 42.3. The fraction of sp³-hybridized carbons (Fsp3) is 0.846. The summed E-state index contributed by atoms with van der Waals surface area (Å²) in [4.78, 5) is 31.9. The van der Waals surface area contributed by atoms with Gasteiger partial charge in [-0.25, -0.2) is 0 Å². The first-order valence-corrected chi connectivity index (χ1v) is 19.6. The van der Waals surface area contributed by atoms with Crippen molar-refractivity contribution in [3.05, 3.63) is 34.2 Å². The Bertz CT molecular complexity index is 1360. The minimum Gasteiger partial charge on any atom is -0.462 e. The van der Waals surface area contributed by atoms with Crippen molar-refractivity contribution in [1.29, 1.82) is 0 Å². The number of hydrogen-bond donors (Lipinski definition) is 4. The van der Waals surface area contributed by atoms with Gasteiger partial charge in [0.1, 0.15) is 30.5 Å². The Morgan fingerprint density at radius 2 is 1.57 bits per heavy atom. The third kappa shape index (κ3) is 12.5. The van der Waals surface area contributed by atoms with Gasteiger partial charge in [0, 0.05) is 43.4 Å². The molecule has 0 radical (unpaired) electrons. The molecule has 3 heterocycles. The molecule has 2 saturated heterocycles. The molecular weight excluding hydrogens is 732 g/mol. The van der Waals surface area contributed by atoms with Gasteiger partial charge in [0.05, 0.1) is 49.6 Å². The van der Waals surface area contributed by atoms with E-state index in [1.165, 1.54) is 20.3 Å². The van der Waals surface area contributed by atoms with Crippen LogP contribution in [-0.2, 0) is 42.7 Å². The predicted molar refractivity (Wildman–Crippen MR) is 204 cm³/mol. The van der Waals surface area contributed by atoms with Crippen LogP contribution in [0, 0.1) is 23.7 Å². The standard InChI is InChI=1S/C39H66N4O13/c1-11-29-26(19-52-39-37(51-10)36(50-9)33(48)24(6)54-39)16-20(2)12-13-27(44)21(3)17-25(14-15-41-42-40)35(22(4)28(45)18-30(46)55-29)56-38-34(49)31(43(7)8)32(47)23(5)53-38/h12-13,16,21-26,28-29,31-39,45,47-49H,11,14-15,17-19H2,1-10H3/b13-12+,20-16+/t21-,22+,23-,24?,25+,26-,28-,29-,31?,32-,33-,34?,35-,36+,37?,38+,39-/m1/s1. The Balaban J connectivity index is 2.00. The van der Waals surface area contributed by atoms with E-state index in [0.717, 1.165) is 0 Å². The molecule has 4 N–H and O–H groups in total. The van der Waals surface area contributed by atoms with Crippen molar-refractivity contribution >= 4 is 11.8 Å². The molecule has 3 aliphatic heterocycles. The molecule has 4 unspecified atom stereocenters. The number of nitrogens with zero attached hydrogens (tertiary/aromatic N) is 4. The Morgan fingerprint density at radius 1 is 0.929 bits per heavy atom. The second-order valence-electron chi connectivity index (χ2n) is 15.7. The van der Waals surface area contributed by atoms with Crippen molar-refractivity contribution in [2.75, 3.05) is 41.5 Å². The summed E-state index contributed by atoms with van der Waals surface area (Å²) >= 11 is 0. The van der Waals surface area contributed by atoms with Crippen LogP contribution in [0.4, 0.5) is 0 Å². The fourth-order valence-electron chi connectivity index (χ4n) is 7.96. The maximum atomic E-state index is 13.6. The van der Waals surface area contributed by atoms with E-state index in [9.17, 15) is 30.0 Å². The fourth-order valence-corrected chi connectivity index (χ4v) is 7.96. The summed E-state index contributed by atoms with van der Waals surface area (Å²) in [6, 6.07) is -0.738. The van der Waals surface area contributed by atoms with Gasteiger partial charge in [-0.3, -0.25) is 9.59 Å². The summed E-state index contributed by atoms with van der Waals surface area (Å²) < 4.78 is 41.9. The van der Waals surface area contributed by atoms with Gasteiger partial charge in [0.15, 0.2) is 18.4 Å². The van der Waals surface area contributed by atoms with E-state index in [4.69, 9.17) is 38.7 Å². The van der Waals surface area contributed by atoms with E-state index < -0.39 is 116 Å². The van der Waals surface area contributed by atoms with Crippen LogP contribution >= 0.6 is 0 Å². The summed E-state index contributed by atoms with van der Waals surface area (Å²) in [7, 11) is 6.38. The predicted octanol–water partition coefficient (Wildman–Crippen LogP) is 2.67. The molecule has 0 bridgehead atoms. The molecule has 320 valence electrons. The van der Waals surface area contributed by atoms with Crippen molar-refractivity contribution in [1.82, 2.24) is 4.90 Å². The maximum absolute atomic E-state index is 13.6. The Hall–Kier alpha value is -2.51. The zero-order valence-electron chi connectivity index (χ0n) is 34.5.